The highest BCUT2D eigenvalue weighted by Gasteiger charge is 2.15. The number of ether oxygens (including phenoxy) is 1. The van der Waals surface area contributed by atoms with Crippen molar-refractivity contribution in [2.45, 2.75) is 0 Å². The summed E-state index contributed by atoms with van der Waals surface area (Å²) in [6, 6.07) is 21.0. The molecule has 1 N–H and O–H groups in total. The van der Waals surface area contributed by atoms with Crippen LogP contribution in [0.3, 0.4) is 0 Å². The number of para-hydroxylation sites is 3. The van der Waals surface area contributed by atoms with Gasteiger partial charge in [0.15, 0.2) is 12.4 Å². The lowest BCUT2D eigenvalue weighted by Crippen LogP contribution is -2.24. The number of aromatic nitrogens is 2. The fraction of sp³-hybridized carbons (Fsp3) is 0.0417. The van der Waals surface area contributed by atoms with Crippen LogP contribution >= 0.6 is 0 Å². The highest BCUT2D eigenvalue weighted by atomic mass is 19.1. The first-order valence-corrected chi connectivity index (χ1v) is 10.1. The number of halogens is 1. The summed E-state index contributed by atoms with van der Waals surface area (Å²) in [6.45, 7) is -0.462. The molecule has 4 rings (SSSR count). The predicted molar refractivity (Wildman–Crippen MR) is 123 cm³/mol. The maximum atomic E-state index is 13.4. The molecule has 4 aromatic rings. The van der Waals surface area contributed by atoms with Crippen LogP contribution in [0.1, 0.15) is 5.56 Å². The summed E-state index contributed by atoms with van der Waals surface area (Å²) in [5, 5.41) is 19.6. The third-order valence-corrected chi connectivity index (χ3v) is 4.69. The summed E-state index contributed by atoms with van der Waals surface area (Å²) in [5.41, 5.74) is 4.69. The molecular formula is C24H18FN5O4. The minimum absolute atomic E-state index is 0.0191. The van der Waals surface area contributed by atoms with Gasteiger partial charge in [0, 0.05) is 23.4 Å². The van der Waals surface area contributed by atoms with E-state index in [-0.39, 0.29) is 17.3 Å². The highest BCUT2D eigenvalue weighted by Crippen LogP contribution is 2.26. The molecular weight excluding hydrogens is 441 g/mol. The number of amides is 1. The van der Waals surface area contributed by atoms with Gasteiger partial charge in [-0.05, 0) is 42.5 Å². The Morgan fingerprint density at radius 1 is 1.09 bits per heavy atom. The number of benzene rings is 3. The first-order valence-electron chi connectivity index (χ1n) is 10.1. The Morgan fingerprint density at radius 3 is 2.53 bits per heavy atom. The van der Waals surface area contributed by atoms with Crippen molar-refractivity contribution < 1.29 is 18.8 Å². The molecule has 0 aliphatic carbocycles. The number of hydrogen-bond acceptors (Lipinski definition) is 6. The Kier molecular flexibility index (Phi) is 6.68. The first kappa shape index (κ1) is 22.3. The van der Waals surface area contributed by atoms with E-state index in [0.717, 1.165) is 5.69 Å². The van der Waals surface area contributed by atoms with Gasteiger partial charge in [-0.2, -0.15) is 10.2 Å². The number of carbonyl (C=O) groups excluding carboxylic acids is 1. The minimum Gasteiger partial charge on any atom is -0.477 e. The molecule has 10 heteroatoms. The number of nitrogens with one attached hydrogen (secondary N) is 1. The van der Waals surface area contributed by atoms with Crippen molar-refractivity contribution in [3.63, 3.8) is 0 Å². The van der Waals surface area contributed by atoms with Crippen molar-refractivity contribution in [3.05, 3.63) is 107 Å². The summed E-state index contributed by atoms with van der Waals surface area (Å²) in [6.07, 6.45) is 3.14. The Labute approximate surface area is 193 Å². The van der Waals surface area contributed by atoms with Crippen LogP contribution in [0.25, 0.3) is 16.9 Å². The lowest BCUT2D eigenvalue weighted by molar-refractivity contribution is -0.385. The zero-order valence-electron chi connectivity index (χ0n) is 17.7. The Bertz CT molecular complexity index is 1340. The predicted octanol–water partition coefficient (Wildman–Crippen LogP) is 4.12. The monoisotopic (exact) mass is 459 g/mol. The summed E-state index contributed by atoms with van der Waals surface area (Å²) in [5.74, 6) is -0.991. The van der Waals surface area contributed by atoms with Crippen LogP contribution < -0.4 is 10.2 Å². The Balaban J connectivity index is 1.49. The van der Waals surface area contributed by atoms with Crippen molar-refractivity contribution in [2.75, 3.05) is 6.61 Å². The summed E-state index contributed by atoms with van der Waals surface area (Å²) >= 11 is 0. The van der Waals surface area contributed by atoms with E-state index in [1.807, 2.05) is 30.3 Å². The number of hydrazone groups is 1. The number of hydrogen-bond donors (Lipinski definition) is 1. The molecule has 0 atom stereocenters. The van der Waals surface area contributed by atoms with E-state index in [2.05, 4.69) is 15.6 Å². The van der Waals surface area contributed by atoms with Crippen LogP contribution in [0.5, 0.6) is 5.75 Å². The zero-order chi connectivity index (χ0) is 23.9. The van der Waals surface area contributed by atoms with Gasteiger partial charge in [-0.15, -0.1) is 0 Å². The standard InChI is InChI=1S/C24H18FN5O4/c25-19-12-10-17(11-13-19)24-18(15-29(28-24)20-6-2-1-3-7-20)14-26-27-23(31)16-34-22-9-5-4-8-21(22)30(32)33/h1-15H,16H2,(H,27,31). The summed E-state index contributed by atoms with van der Waals surface area (Å²) < 4.78 is 20.3. The zero-order valence-corrected chi connectivity index (χ0v) is 17.7. The molecule has 170 valence electrons. The maximum Gasteiger partial charge on any atom is 0.310 e. The second-order valence-corrected chi connectivity index (χ2v) is 7.03. The largest absolute Gasteiger partial charge is 0.477 e. The van der Waals surface area contributed by atoms with Gasteiger partial charge in [-0.25, -0.2) is 14.5 Å². The van der Waals surface area contributed by atoms with Crippen LogP contribution in [0.4, 0.5) is 10.1 Å². The van der Waals surface area contributed by atoms with Crippen LogP contribution in [0, 0.1) is 15.9 Å². The molecule has 0 spiro atoms. The number of carbonyl (C=O) groups is 1. The highest BCUT2D eigenvalue weighted by molar-refractivity contribution is 5.89. The number of rotatable bonds is 8. The average molecular weight is 459 g/mol. The van der Waals surface area contributed by atoms with Crippen molar-refractivity contribution in [2.24, 2.45) is 5.10 Å². The van der Waals surface area contributed by atoms with Crippen LogP contribution in [-0.4, -0.2) is 33.4 Å². The third kappa shape index (κ3) is 5.30. The molecule has 0 saturated carbocycles. The van der Waals surface area contributed by atoms with Gasteiger partial charge in [-0.1, -0.05) is 30.3 Å². The third-order valence-electron chi connectivity index (χ3n) is 4.69. The number of nitro groups is 1. The molecule has 0 fully saturated rings. The van der Waals surface area contributed by atoms with Gasteiger partial charge >= 0.3 is 5.69 Å². The lowest BCUT2D eigenvalue weighted by atomic mass is 10.1. The van der Waals surface area contributed by atoms with E-state index in [0.29, 0.717) is 16.8 Å². The molecule has 0 saturated heterocycles. The van der Waals surface area contributed by atoms with Crippen molar-refractivity contribution >= 4 is 17.8 Å². The quantitative estimate of drug-likeness (QED) is 0.242. The molecule has 3 aromatic carbocycles. The lowest BCUT2D eigenvalue weighted by Gasteiger charge is -2.05. The van der Waals surface area contributed by atoms with E-state index in [1.54, 1.807) is 29.1 Å². The fourth-order valence-electron chi connectivity index (χ4n) is 3.11. The fourth-order valence-corrected chi connectivity index (χ4v) is 3.11. The molecule has 9 nitrogen and oxygen atoms in total. The number of nitrogens with zero attached hydrogens (tertiary/aromatic N) is 4. The van der Waals surface area contributed by atoms with Crippen molar-refractivity contribution in [3.8, 4) is 22.7 Å². The van der Waals surface area contributed by atoms with E-state index < -0.39 is 17.4 Å². The Morgan fingerprint density at radius 2 is 1.79 bits per heavy atom. The molecule has 34 heavy (non-hydrogen) atoms. The topological polar surface area (TPSA) is 112 Å². The van der Waals surface area contributed by atoms with Gasteiger partial charge in [0.1, 0.15) is 11.5 Å². The molecule has 1 heterocycles. The van der Waals surface area contributed by atoms with Gasteiger partial charge < -0.3 is 4.74 Å². The maximum absolute atomic E-state index is 13.4. The van der Waals surface area contributed by atoms with Gasteiger partial charge in [0.2, 0.25) is 0 Å². The van der Waals surface area contributed by atoms with E-state index in [1.165, 1.54) is 36.5 Å². The van der Waals surface area contributed by atoms with Crippen LogP contribution in [0.2, 0.25) is 0 Å². The second-order valence-electron chi connectivity index (χ2n) is 7.03. The molecule has 0 radical (unpaired) electrons. The normalized spacial score (nSPS) is 10.9. The minimum atomic E-state index is -0.604. The average Bonchev–Trinajstić information content (AvgIpc) is 3.28. The molecule has 0 bridgehead atoms. The Hall–Kier alpha value is -4.86. The van der Waals surface area contributed by atoms with E-state index in [9.17, 15) is 19.3 Å². The molecule has 1 aromatic heterocycles. The van der Waals surface area contributed by atoms with Crippen LogP contribution in [-0.2, 0) is 4.79 Å². The summed E-state index contributed by atoms with van der Waals surface area (Å²) in [7, 11) is 0. The van der Waals surface area contributed by atoms with E-state index >= 15 is 0 Å². The SMILES string of the molecule is O=C(COc1ccccc1[N+](=O)[O-])NN=Cc1cn(-c2ccccc2)nc1-c1ccc(F)cc1. The van der Waals surface area contributed by atoms with Crippen molar-refractivity contribution in [1.29, 1.82) is 0 Å². The smallest absolute Gasteiger partial charge is 0.310 e. The molecule has 0 unspecified atom stereocenters. The molecule has 0 aliphatic rings. The van der Waals surface area contributed by atoms with Gasteiger partial charge in [0.05, 0.1) is 16.8 Å². The number of nitro benzene ring substituents is 1. The van der Waals surface area contributed by atoms with Crippen LogP contribution in [0.15, 0.2) is 90.2 Å². The van der Waals surface area contributed by atoms with Gasteiger partial charge in [0.25, 0.3) is 5.91 Å². The van der Waals surface area contributed by atoms with Crippen molar-refractivity contribution in [1.82, 2.24) is 15.2 Å². The summed E-state index contributed by atoms with van der Waals surface area (Å²) in [4.78, 5) is 22.6. The second kappa shape index (κ2) is 10.2. The van der Waals surface area contributed by atoms with E-state index in [4.69, 9.17) is 4.74 Å². The first-order chi connectivity index (χ1) is 16.5. The molecule has 1 amide bonds. The van der Waals surface area contributed by atoms with Gasteiger partial charge in [-0.3, -0.25) is 14.9 Å². The molecule has 0 aliphatic heterocycles.